The molecule has 4 nitrogen and oxygen atoms in total. The molecule has 0 radical (unpaired) electrons. The Morgan fingerprint density at radius 1 is 0.703 bits per heavy atom. The quantitative estimate of drug-likeness (QED) is 0.213. The zero-order chi connectivity index (χ0) is 25.3. The number of aromatic nitrogens is 3. The van der Waals surface area contributed by atoms with E-state index in [2.05, 4.69) is 114 Å². The fourth-order valence-corrected chi connectivity index (χ4v) is 7.81. The third-order valence-electron chi connectivity index (χ3n) is 7.32. The van der Waals surface area contributed by atoms with Crippen molar-refractivity contribution in [2.75, 3.05) is 0 Å². The standard InChI is InChI=1S/C32H27GeN3O/c1-20-23-13-8-9-14-25(23)29-31(34-20)35-32(36(29)22-11-6-5-7-12-22)27-16-10-15-26-24-18-17-21(33(2,3)4)19-28(24)37-30(26)27/h5-19H,1-4H3. The van der Waals surface area contributed by atoms with Crippen molar-refractivity contribution in [3.05, 3.63) is 96.7 Å². The van der Waals surface area contributed by atoms with E-state index in [1.807, 2.05) is 6.07 Å². The van der Waals surface area contributed by atoms with Crippen LogP contribution in [0.15, 0.2) is 95.4 Å². The molecule has 0 aliphatic rings. The molecule has 0 saturated carbocycles. The minimum atomic E-state index is -2.00. The second kappa shape index (κ2) is 8.05. The number of aryl methyl sites for hydroxylation is 1. The van der Waals surface area contributed by atoms with Crippen molar-refractivity contribution in [2.45, 2.75) is 24.2 Å². The number of rotatable bonds is 3. The normalized spacial score (nSPS) is 12.3. The van der Waals surface area contributed by atoms with E-state index in [0.29, 0.717) is 0 Å². The molecule has 7 rings (SSSR count). The Hall–Kier alpha value is -3.90. The fraction of sp³-hybridized carbons (Fsp3) is 0.125. The average Bonchev–Trinajstić information content (AvgIpc) is 3.47. The molecule has 0 unspecified atom stereocenters. The molecule has 37 heavy (non-hydrogen) atoms. The van der Waals surface area contributed by atoms with Gasteiger partial charge in [-0.2, -0.15) is 0 Å². The van der Waals surface area contributed by atoms with Crippen LogP contribution in [0.3, 0.4) is 0 Å². The van der Waals surface area contributed by atoms with Gasteiger partial charge in [0.05, 0.1) is 0 Å². The van der Waals surface area contributed by atoms with Crippen LogP contribution in [0.2, 0.25) is 17.3 Å². The Morgan fingerprint density at radius 3 is 2.22 bits per heavy atom. The Kier molecular flexibility index (Phi) is 4.86. The average molecular weight is 542 g/mol. The molecule has 180 valence electrons. The van der Waals surface area contributed by atoms with Crippen molar-refractivity contribution in [1.29, 1.82) is 0 Å². The molecule has 0 amide bonds. The van der Waals surface area contributed by atoms with Gasteiger partial charge in [-0.25, -0.2) is 0 Å². The summed E-state index contributed by atoms with van der Waals surface area (Å²) in [6.07, 6.45) is 0. The van der Waals surface area contributed by atoms with Gasteiger partial charge in [0, 0.05) is 0 Å². The van der Waals surface area contributed by atoms with E-state index >= 15 is 0 Å². The van der Waals surface area contributed by atoms with Crippen molar-refractivity contribution in [1.82, 2.24) is 14.5 Å². The molecule has 0 atom stereocenters. The summed E-state index contributed by atoms with van der Waals surface area (Å²) in [6.45, 7) is 2.06. The third-order valence-corrected chi connectivity index (χ3v) is 11.6. The van der Waals surface area contributed by atoms with Gasteiger partial charge in [-0.1, -0.05) is 6.07 Å². The Labute approximate surface area is 217 Å². The molecule has 0 bridgehead atoms. The second-order valence-corrected chi connectivity index (χ2v) is 21.4. The summed E-state index contributed by atoms with van der Waals surface area (Å²) in [7, 11) is 0. The van der Waals surface area contributed by atoms with E-state index in [9.17, 15) is 0 Å². The summed E-state index contributed by atoms with van der Waals surface area (Å²) in [5.74, 6) is 8.08. The summed E-state index contributed by atoms with van der Waals surface area (Å²) in [5, 5.41) is 4.54. The van der Waals surface area contributed by atoms with E-state index in [0.717, 1.165) is 66.6 Å². The number of fused-ring (bicyclic) bond motifs is 6. The first-order valence-corrected chi connectivity index (χ1v) is 20.0. The van der Waals surface area contributed by atoms with Crippen LogP contribution >= 0.6 is 0 Å². The fourth-order valence-electron chi connectivity index (χ4n) is 5.40. The SMILES string of the molecule is Cc1nc2nc(-c3cccc4c3oc3c[c]([Ge]([CH3])([CH3])[CH3])ccc34)n(-c3ccccc3)c2c2ccccc12. The molecule has 3 heterocycles. The molecule has 7 aromatic rings. The Balaban J connectivity index is 1.60. The topological polar surface area (TPSA) is 43.9 Å². The number of hydrogen-bond acceptors (Lipinski definition) is 3. The van der Waals surface area contributed by atoms with Crippen molar-refractivity contribution in [2.24, 2.45) is 0 Å². The molecule has 0 fully saturated rings. The van der Waals surface area contributed by atoms with E-state index < -0.39 is 13.3 Å². The van der Waals surface area contributed by atoms with Crippen LogP contribution in [0, 0.1) is 6.92 Å². The van der Waals surface area contributed by atoms with E-state index in [1.54, 1.807) is 0 Å². The van der Waals surface area contributed by atoms with Gasteiger partial charge in [0.25, 0.3) is 0 Å². The predicted molar refractivity (Wildman–Crippen MR) is 157 cm³/mol. The molecule has 0 aliphatic heterocycles. The zero-order valence-electron chi connectivity index (χ0n) is 21.4. The molecule has 5 heteroatoms. The minimum absolute atomic E-state index is 0.742. The van der Waals surface area contributed by atoms with Gasteiger partial charge in [-0.15, -0.1) is 0 Å². The van der Waals surface area contributed by atoms with Crippen molar-refractivity contribution < 1.29 is 4.42 Å². The molecule has 0 aliphatic carbocycles. The molecular formula is C32H27GeN3O. The van der Waals surface area contributed by atoms with Crippen LogP contribution in [-0.2, 0) is 0 Å². The Bertz CT molecular complexity index is 1980. The van der Waals surface area contributed by atoms with Gasteiger partial charge < -0.3 is 0 Å². The number of hydrogen-bond donors (Lipinski definition) is 0. The summed E-state index contributed by atoms with van der Waals surface area (Å²) in [5.41, 5.74) is 6.56. The molecular weight excluding hydrogens is 515 g/mol. The van der Waals surface area contributed by atoms with Crippen molar-refractivity contribution in [3.8, 4) is 17.1 Å². The van der Waals surface area contributed by atoms with Crippen molar-refractivity contribution >= 4 is 61.5 Å². The zero-order valence-corrected chi connectivity index (χ0v) is 23.5. The van der Waals surface area contributed by atoms with Gasteiger partial charge >= 0.3 is 212 Å². The van der Waals surface area contributed by atoms with Gasteiger partial charge in [0.15, 0.2) is 0 Å². The summed E-state index contributed by atoms with van der Waals surface area (Å²) in [4.78, 5) is 10.1. The number of imidazole rings is 1. The summed E-state index contributed by atoms with van der Waals surface area (Å²) >= 11 is -2.00. The van der Waals surface area contributed by atoms with Gasteiger partial charge in [0.2, 0.25) is 0 Å². The van der Waals surface area contributed by atoms with Crippen LogP contribution in [-0.4, -0.2) is 27.8 Å². The van der Waals surface area contributed by atoms with Crippen LogP contribution in [0.1, 0.15) is 5.69 Å². The molecule has 3 aromatic heterocycles. The number of furan rings is 1. The maximum absolute atomic E-state index is 6.63. The van der Waals surface area contributed by atoms with Gasteiger partial charge in [-0.3, -0.25) is 0 Å². The predicted octanol–water partition coefficient (Wildman–Crippen LogP) is 7.99. The molecule has 0 N–H and O–H groups in total. The summed E-state index contributed by atoms with van der Waals surface area (Å²) in [6, 6.07) is 32.0. The number of nitrogens with zero attached hydrogens (tertiary/aromatic N) is 3. The maximum atomic E-state index is 6.63. The van der Waals surface area contributed by atoms with Crippen molar-refractivity contribution in [3.63, 3.8) is 0 Å². The number of pyridine rings is 1. The van der Waals surface area contributed by atoms with Crippen LogP contribution in [0.4, 0.5) is 0 Å². The van der Waals surface area contributed by atoms with Gasteiger partial charge in [-0.05, 0) is 0 Å². The number of para-hydroxylation sites is 2. The molecule has 0 spiro atoms. The van der Waals surface area contributed by atoms with Crippen LogP contribution in [0.25, 0.3) is 61.0 Å². The van der Waals surface area contributed by atoms with E-state index in [1.165, 1.54) is 4.40 Å². The van der Waals surface area contributed by atoms with E-state index in [4.69, 9.17) is 14.4 Å². The Morgan fingerprint density at radius 2 is 1.43 bits per heavy atom. The summed E-state index contributed by atoms with van der Waals surface area (Å²) < 4.78 is 10.3. The first-order chi connectivity index (χ1) is 17.9. The molecule has 4 aromatic carbocycles. The van der Waals surface area contributed by atoms with E-state index in [-0.39, 0.29) is 0 Å². The van der Waals surface area contributed by atoms with Crippen LogP contribution in [0.5, 0.6) is 0 Å². The van der Waals surface area contributed by atoms with Crippen LogP contribution < -0.4 is 4.40 Å². The monoisotopic (exact) mass is 543 g/mol. The first kappa shape index (κ1) is 22.3. The second-order valence-electron chi connectivity index (χ2n) is 10.8. The number of benzene rings is 4. The molecule has 0 saturated heterocycles. The van der Waals surface area contributed by atoms with Gasteiger partial charge in [0.1, 0.15) is 0 Å². The first-order valence-electron chi connectivity index (χ1n) is 12.7. The third kappa shape index (κ3) is 3.43.